The van der Waals surface area contributed by atoms with Crippen molar-refractivity contribution in [3.05, 3.63) is 42.6 Å². The number of carbonyl (C=O) groups excluding carboxylic acids is 1. The first-order valence-electron chi connectivity index (χ1n) is 7.64. The number of hydrogen-bond acceptors (Lipinski definition) is 3. The highest BCUT2D eigenvalue weighted by molar-refractivity contribution is 5.83. The first-order chi connectivity index (χ1) is 10.3. The van der Waals surface area contributed by atoms with E-state index in [1.54, 1.807) is 12.5 Å². The maximum absolute atomic E-state index is 12.6. The Morgan fingerprint density at radius 2 is 2.33 bits per heavy atom. The fraction of sp³-hybridized carbons (Fsp3) is 0.500. The van der Waals surface area contributed by atoms with E-state index in [9.17, 15) is 4.79 Å². The zero-order chi connectivity index (χ0) is 14.2. The Bertz CT molecular complexity index is 606. The minimum atomic E-state index is 0.118. The number of nitrogens with zero attached hydrogens (tertiary/aromatic N) is 3. The molecule has 3 heterocycles. The topological polar surface area (TPSA) is 51.3 Å². The molecule has 5 heteroatoms. The van der Waals surface area contributed by atoms with Gasteiger partial charge in [-0.2, -0.15) is 5.10 Å². The lowest BCUT2D eigenvalue weighted by atomic mass is 10.1. The Kier molecular flexibility index (Phi) is 3.05. The van der Waals surface area contributed by atoms with Gasteiger partial charge < -0.3 is 9.32 Å². The van der Waals surface area contributed by atoms with Crippen molar-refractivity contribution >= 4 is 5.91 Å². The molecule has 3 atom stereocenters. The van der Waals surface area contributed by atoms with Gasteiger partial charge in [-0.3, -0.25) is 9.48 Å². The number of furan rings is 1. The van der Waals surface area contributed by atoms with Gasteiger partial charge in [0.05, 0.1) is 12.3 Å². The average Bonchev–Trinajstić information content (AvgIpc) is 2.98. The molecule has 0 bridgehead atoms. The molecule has 110 valence electrons. The molecule has 0 unspecified atom stereocenters. The number of likely N-dealkylation sites (tertiary alicyclic amines) is 1. The Balaban J connectivity index is 1.41. The van der Waals surface area contributed by atoms with Crippen LogP contribution >= 0.6 is 0 Å². The normalized spacial score (nSPS) is 28.6. The molecule has 1 amide bonds. The second kappa shape index (κ2) is 5.06. The van der Waals surface area contributed by atoms with Crippen molar-refractivity contribution in [1.29, 1.82) is 0 Å². The van der Waals surface area contributed by atoms with Crippen molar-refractivity contribution < 1.29 is 9.21 Å². The Labute approximate surface area is 123 Å². The third-order valence-electron chi connectivity index (χ3n) is 4.62. The molecule has 5 nitrogen and oxygen atoms in total. The van der Waals surface area contributed by atoms with E-state index in [-0.39, 0.29) is 17.7 Å². The maximum atomic E-state index is 12.6. The third-order valence-corrected chi connectivity index (χ3v) is 4.62. The highest BCUT2D eigenvalue weighted by atomic mass is 16.3. The molecule has 21 heavy (non-hydrogen) atoms. The van der Waals surface area contributed by atoms with Crippen LogP contribution in [0.25, 0.3) is 0 Å². The van der Waals surface area contributed by atoms with Gasteiger partial charge in [-0.05, 0) is 37.5 Å². The lowest BCUT2D eigenvalue weighted by Crippen LogP contribution is -2.41. The van der Waals surface area contributed by atoms with Crippen molar-refractivity contribution in [1.82, 2.24) is 14.7 Å². The summed E-state index contributed by atoms with van der Waals surface area (Å²) in [5, 5.41) is 4.31. The summed E-state index contributed by atoms with van der Waals surface area (Å²) in [5.74, 6) is 1.65. The lowest BCUT2D eigenvalue weighted by molar-refractivity contribution is -0.134. The molecule has 2 aromatic heterocycles. The standard InChI is InChI=1S/C16H19N3O2/c20-16(14-10-13(14)15-5-2-9-21-15)18-7-1-4-12(11-18)19-8-3-6-17-19/h2-3,5-6,8-9,12-14H,1,4,7,10-11H2/t12-,13+,14+/m0/s1. The van der Waals surface area contributed by atoms with Gasteiger partial charge in [-0.15, -0.1) is 0 Å². The van der Waals surface area contributed by atoms with Gasteiger partial charge in [-0.25, -0.2) is 0 Å². The zero-order valence-electron chi connectivity index (χ0n) is 11.9. The minimum absolute atomic E-state index is 0.118. The van der Waals surface area contributed by atoms with Gasteiger partial charge >= 0.3 is 0 Å². The summed E-state index contributed by atoms with van der Waals surface area (Å²) >= 11 is 0. The highest BCUT2D eigenvalue weighted by Gasteiger charge is 2.48. The number of amides is 1. The summed E-state index contributed by atoms with van der Waals surface area (Å²) in [6, 6.07) is 6.12. The summed E-state index contributed by atoms with van der Waals surface area (Å²) in [6.45, 7) is 1.65. The Morgan fingerprint density at radius 3 is 3.10 bits per heavy atom. The summed E-state index contributed by atoms with van der Waals surface area (Å²) in [5.41, 5.74) is 0. The molecule has 1 aliphatic carbocycles. The molecule has 4 rings (SSSR count). The number of hydrogen-bond donors (Lipinski definition) is 0. The van der Waals surface area contributed by atoms with Crippen LogP contribution in [-0.2, 0) is 4.79 Å². The van der Waals surface area contributed by atoms with Crippen molar-refractivity contribution in [2.75, 3.05) is 13.1 Å². The number of aromatic nitrogens is 2. The van der Waals surface area contributed by atoms with E-state index >= 15 is 0 Å². The van der Waals surface area contributed by atoms with E-state index in [1.165, 1.54) is 0 Å². The monoisotopic (exact) mass is 285 g/mol. The molecule has 1 aliphatic heterocycles. The van der Waals surface area contributed by atoms with Crippen LogP contribution in [0.15, 0.2) is 41.3 Å². The second-order valence-corrected chi connectivity index (χ2v) is 6.03. The second-order valence-electron chi connectivity index (χ2n) is 6.03. The average molecular weight is 285 g/mol. The number of piperidine rings is 1. The molecule has 0 aromatic carbocycles. The van der Waals surface area contributed by atoms with E-state index in [4.69, 9.17) is 4.42 Å². The van der Waals surface area contributed by atoms with Crippen LogP contribution < -0.4 is 0 Å². The fourth-order valence-corrected chi connectivity index (χ4v) is 3.39. The van der Waals surface area contributed by atoms with Gasteiger partial charge in [0.25, 0.3) is 0 Å². The minimum Gasteiger partial charge on any atom is -0.469 e. The van der Waals surface area contributed by atoms with E-state index in [2.05, 4.69) is 5.10 Å². The predicted molar refractivity (Wildman–Crippen MR) is 76.6 cm³/mol. The Hall–Kier alpha value is -2.04. The van der Waals surface area contributed by atoms with E-state index in [1.807, 2.05) is 34.0 Å². The van der Waals surface area contributed by atoms with Gasteiger partial charge in [0.15, 0.2) is 0 Å². The summed E-state index contributed by atoms with van der Waals surface area (Å²) in [7, 11) is 0. The molecule has 1 saturated carbocycles. The first-order valence-corrected chi connectivity index (χ1v) is 7.64. The molecule has 0 N–H and O–H groups in total. The van der Waals surface area contributed by atoms with Crippen LogP contribution in [0.1, 0.15) is 37.0 Å². The van der Waals surface area contributed by atoms with Crippen LogP contribution in [0.5, 0.6) is 0 Å². The van der Waals surface area contributed by atoms with Gasteiger partial charge in [-0.1, -0.05) is 0 Å². The van der Waals surface area contributed by atoms with Crippen molar-refractivity contribution in [2.24, 2.45) is 5.92 Å². The third kappa shape index (κ3) is 2.37. The molecule has 2 aliphatic rings. The first kappa shape index (κ1) is 12.7. The van der Waals surface area contributed by atoms with Crippen LogP contribution in [0.2, 0.25) is 0 Å². The van der Waals surface area contributed by atoms with Gasteiger partial charge in [0.2, 0.25) is 5.91 Å². The maximum Gasteiger partial charge on any atom is 0.226 e. The Morgan fingerprint density at radius 1 is 1.38 bits per heavy atom. The summed E-state index contributed by atoms with van der Waals surface area (Å²) in [6.07, 6.45) is 8.54. The smallest absolute Gasteiger partial charge is 0.226 e. The fourth-order valence-electron chi connectivity index (χ4n) is 3.39. The molecule has 1 saturated heterocycles. The van der Waals surface area contributed by atoms with Crippen LogP contribution in [-0.4, -0.2) is 33.7 Å². The SMILES string of the molecule is O=C([C@@H]1C[C@H]1c1ccco1)N1CCC[C@H](n2cccn2)C1. The molecular weight excluding hydrogens is 266 g/mol. The van der Waals surface area contributed by atoms with E-state index < -0.39 is 0 Å². The van der Waals surface area contributed by atoms with E-state index in [0.29, 0.717) is 6.04 Å². The van der Waals surface area contributed by atoms with Crippen molar-refractivity contribution in [3.8, 4) is 0 Å². The van der Waals surface area contributed by atoms with Crippen LogP contribution in [0.4, 0.5) is 0 Å². The molecule has 2 fully saturated rings. The highest BCUT2D eigenvalue weighted by Crippen LogP contribution is 2.49. The molecule has 0 radical (unpaired) electrons. The number of rotatable bonds is 3. The van der Waals surface area contributed by atoms with Gasteiger partial charge in [0, 0.05) is 37.3 Å². The van der Waals surface area contributed by atoms with Gasteiger partial charge in [0.1, 0.15) is 5.76 Å². The largest absolute Gasteiger partial charge is 0.469 e. The molecule has 2 aromatic rings. The van der Waals surface area contributed by atoms with Crippen molar-refractivity contribution in [3.63, 3.8) is 0 Å². The van der Waals surface area contributed by atoms with Crippen LogP contribution in [0, 0.1) is 5.92 Å². The zero-order valence-corrected chi connectivity index (χ0v) is 11.9. The van der Waals surface area contributed by atoms with Crippen molar-refractivity contribution in [2.45, 2.75) is 31.2 Å². The number of carbonyl (C=O) groups is 1. The lowest BCUT2D eigenvalue weighted by Gasteiger charge is -2.33. The summed E-state index contributed by atoms with van der Waals surface area (Å²) < 4.78 is 7.40. The quantitative estimate of drug-likeness (QED) is 0.870. The van der Waals surface area contributed by atoms with Crippen LogP contribution in [0.3, 0.4) is 0 Å². The summed E-state index contributed by atoms with van der Waals surface area (Å²) in [4.78, 5) is 14.7. The van der Waals surface area contributed by atoms with E-state index in [0.717, 1.165) is 38.1 Å². The predicted octanol–water partition coefficient (Wildman–Crippen LogP) is 2.44. The molecular formula is C16H19N3O2. The molecule has 0 spiro atoms.